The third kappa shape index (κ3) is 5.07. The molecule has 0 bridgehead atoms. The summed E-state index contributed by atoms with van der Waals surface area (Å²) in [5.41, 5.74) is 0. The van der Waals surface area contributed by atoms with Crippen molar-refractivity contribution in [2.45, 2.75) is 90.8 Å². The molecule has 0 aromatic carbocycles. The molecule has 3 unspecified atom stereocenters. The van der Waals surface area contributed by atoms with E-state index >= 15 is 0 Å². The van der Waals surface area contributed by atoms with Gasteiger partial charge in [0.05, 0.1) is 0 Å². The van der Waals surface area contributed by atoms with Crippen LogP contribution in [0, 0.1) is 5.92 Å². The molecule has 1 fully saturated rings. The molecule has 0 amide bonds. The van der Waals surface area contributed by atoms with Gasteiger partial charge in [-0.05, 0) is 59.0 Å². The van der Waals surface area contributed by atoms with Crippen LogP contribution in [0.1, 0.15) is 72.6 Å². The monoisotopic (exact) mass is 268 g/mol. The van der Waals surface area contributed by atoms with Crippen molar-refractivity contribution >= 4 is 0 Å². The fourth-order valence-corrected chi connectivity index (χ4v) is 3.66. The van der Waals surface area contributed by atoms with E-state index in [1.165, 1.54) is 51.5 Å². The van der Waals surface area contributed by atoms with Crippen molar-refractivity contribution in [3.63, 3.8) is 0 Å². The van der Waals surface area contributed by atoms with E-state index in [0.29, 0.717) is 12.1 Å². The molecule has 114 valence electrons. The number of nitrogens with one attached hydrogen (secondary N) is 1. The lowest BCUT2D eigenvalue weighted by Crippen LogP contribution is -2.54. The smallest absolute Gasteiger partial charge is 0.0254 e. The molecule has 19 heavy (non-hydrogen) atoms. The molecular formula is C17H36N2. The van der Waals surface area contributed by atoms with E-state index in [1.807, 2.05) is 0 Å². The van der Waals surface area contributed by atoms with Gasteiger partial charge in [-0.2, -0.15) is 0 Å². The molecule has 1 aliphatic carbocycles. The number of unbranched alkanes of at least 4 members (excludes halogenated alkanes) is 2. The number of nitrogens with zero attached hydrogens (tertiary/aromatic N) is 1. The molecule has 1 N–H and O–H groups in total. The number of hydrogen-bond acceptors (Lipinski definition) is 2. The van der Waals surface area contributed by atoms with E-state index < -0.39 is 0 Å². The van der Waals surface area contributed by atoms with Crippen LogP contribution in [0.25, 0.3) is 0 Å². The molecule has 2 nitrogen and oxygen atoms in total. The first-order valence-corrected chi connectivity index (χ1v) is 8.56. The minimum absolute atomic E-state index is 0.674. The summed E-state index contributed by atoms with van der Waals surface area (Å²) in [5.74, 6) is 0.946. The van der Waals surface area contributed by atoms with Gasteiger partial charge in [-0.15, -0.1) is 0 Å². The van der Waals surface area contributed by atoms with Crippen LogP contribution in [-0.2, 0) is 0 Å². The Morgan fingerprint density at radius 2 is 1.89 bits per heavy atom. The fraction of sp³-hybridized carbons (Fsp3) is 1.00. The maximum absolute atomic E-state index is 3.58. The summed E-state index contributed by atoms with van der Waals surface area (Å²) < 4.78 is 0. The first-order valence-electron chi connectivity index (χ1n) is 8.56. The summed E-state index contributed by atoms with van der Waals surface area (Å²) in [5, 5.41) is 3.58. The van der Waals surface area contributed by atoms with E-state index in [2.05, 4.69) is 45.0 Å². The predicted octanol–water partition coefficient (Wildman–Crippen LogP) is 4.05. The second kappa shape index (κ2) is 8.97. The molecule has 0 spiro atoms. The standard InChI is InChI=1S/C17H36N2/c1-6-8-9-12-19(14(3)4)17-13-15(7-2)10-11-16(17)18-5/h14-18H,6-13H2,1-5H3. The fourth-order valence-electron chi connectivity index (χ4n) is 3.66. The summed E-state index contributed by atoms with van der Waals surface area (Å²) in [4.78, 5) is 2.78. The molecule has 0 aliphatic heterocycles. The van der Waals surface area contributed by atoms with E-state index in [-0.39, 0.29) is 0 Å². The maximum Gasteiger partial charge on any atom is 0.0254 e. The highest BCUT2D eigenvalue weighted by Crippen LogP contribution is 2.31. The van der Waals surface area contributed by atoms with Gasteiger partial charge >= 0.3 is 0 Å². The zero-order valence-electron chi connectivity index (χ0n) is 13.9. The topological polar surface area (TPSA) is 15.3 Å². The van der Waals surface area contributed by atoms with E-state index in [9.17, 15) is 0 Å². The molecule has 0 aromatic rings. The second-order valence-electron chi connectivity index (χ2n) is 6.59. The van der Waals surface area contributed by atoms with Crippen LogP contribution in [0.3, 0.4) is 0 Å². The van der Waals surface area contributed by atoms with Crippen LogP contribution in [0.2, 0.25) is 0 Å². The highest BCUT2D eigenvalue weighted by molar-refractivity contribution is 4.91. The molecule has 0 heterocycles. The van der Waals surface area contributed by atoms with Crippen molar-refractivity contribution in [1.82, 2.24) is 10.2 Å². The second-order valence-corrected chi connectivity index (χ2v) is 6.59. The minimum atomic E-state index is 0.674. The van der Waals surface area contributed by atoms with Gasteiger partial charge in [0, 0.05) is 18.1 Å². The Morgan fingerprint density at radius 3 is 2.42 bits per heavy atom. The Morgan fingerprint density at radius 1 is 1.16 bits per heavy atom. The van der Waals surface area contributed by atoms with Crippen molar-refractivity contribution in [1.29, 1.82) is 0 Å². The third-order valence-electron chi connectivity index (χ3n) is 4.98. The zero-order valence-corrected chi connectivity index (χ0v) is 13.9. The number of likely N-dealkylation sites (N-methyl/N-ethyl adjacent to an activating group) is 1. The van der Waals surface area contributed by atoms with Crippen LogP contribution in [0.4, 0.5) is 0 Å². The quantitative estimate of drug-likeness (QED) is 0.668. The first-order chi connectivity index (χ1) is 9.13. The number of hydrogen-bond donors (Lipinski definition) is 1. The van der Waals surface area contributed by atoms with Crippen LogP contribution >= 0.6 is 0 Å². The summed E-state index contributed by atoms with van der Waals surface area (Å²) in [6.07, 6.45) is 9.58. The van der Waals surface area contributed by atoms with E-state index in [1.54, 1.807) is 0 Å². The van der Waals surface area contributed by atoms with Crippen molar-refractivity contribution in [3.05, 3.63) is 0 Å². The molecule has 1 rings (SSSR count). The molecule has 2 heteroatoms. The van der Waals surface area contributed by atoms with Crippen LogP contribution in [-0.4, -0.2) is 36.6 Å². The van der Waals surface area contributed by atoms with Crippen LogP contribution < -0.4 is 5.32 Å². The van der Waals surface area contributed by atoms with Crippen molar-refractivity contribution < 1.29 is 0 Å². The maximum atomic E-state index is 3.58. The van der Waals surface area contributed by atoms with Crippen molar-refractivity contribution in [2.75, 3.05) is 13.6 Å². The Hall–Kier alpha value is -0.0800. The van der Waals surface area contributed by atoms with Crippen LogP contribution in [0.15, 0.2) is 0 Å². The molecule has 0 aromatic heterocycles. The summed E-state index contributed by atoms with van der Waals surface area (Å²) in [7, 11) is 2.15. The molecule has 0 radical (unpaired) electrons. The summed E-state index contributed by atoms with van der Waals surface area (Å²) in [6, 6.07) is 2.13. The zero-order chi connectivity index (χ0) is 14.3. The Kier molecular flexibility index (Phi) is 8.01. The summed E-state index contributed by atoms with van der Waals surface area (Å²) in [6.45, 7) is 10.7. The molecule has 1 saturated carbocycles. The molecule has 3 atom stereocenters. The van der Waals surface area contributed by atoms with Crippen molar-refractivity contribution in [3.8, 4) is 0 Å². The van der Waals surface area contributed by atoms with Gasteiger partial charge < -0.3 is 5.32 Å². The summed E-state index contributed by atoms with van der Waals surface area (Å²) >= 11 is 0. The van der Waals surface area contributed by atoms with E-state index in [0.717, 1.165) is 12.0 Å². The van der Waals surface area contributed by atoms with E-state index in [4.69, 9.17) is 0 Å². The third-order valence-corrected chi connectivity index (χ3v) is 4.98. The van der Waals surface area contributed by atoms with Crippen LogP contribution in [0.5, 0.6) is 0 Å². The Bertz CT molecular complexity index is 227. The van der Waals surface area contributed by atoms with Gasteiger partial charge in [0.2, 0.25) is 0 Å². The number of rotatable bonds is 8. The van der Waals surface area contributed by atoms with Gasteiger partial charge in [-0.3, -0.25) is 4.90 Å². The normalized spacial score (nSPS) is 28.3. The highest BCUT2D eigenvalue weighted by Gasteiger charge is 2.33. The molecular weight excluding hydrogens is 232 g/mol. The average Bonchev–Trinajstić information content (AvgIpc) is 2.42. The molecule has 1 aliphatic rings. The minimum Gasteiger partial charge on any atom is -0.315 e. The lowest BCUT2D eigenvalue weighted by Gasteiger charge is -2.44. The SMILES string of the molecule is CCCCCN(C(C)C)C1CC(CC)CCC1NC. The highest BCUT2D eigenvalue weighted by atomic mass is 15.2. The first kappa shape index (κ1) is 17.0. The van der Waals surface area contributed by atoms with Gasteiger partial charge in [-0.25, -0.2) is 0 Å². The van der Waals surface area contributed by atoms with Gasteiger partial charge in [-0.1, -0.05) is 33.1 Å². The van der Waals surface area contributed by atoms with Gasteiger partial charge in [0.25, 0.3) is 0 Å². The predicted molar refractivity (Wildman–Crippen MR) is 85.6 cm³/mol. The Balaban J connectivity index is 2.65. The lowest BCUT2D eigenvalue weighted by atomic mass is 9.80. The average molecular weight is 268 g/mol. The largest absolute Gasteiger partial charge is 0.315 e. The lowest BCUT2D eigenvalue weighted by molar-refractivity contribution is 0.0712. The molecule has 0 saturated heterocycles. The van der Waals surface area contributed by atoms with Crippen molar-refractivity contribution in [2.24, 2.45) is 5.92 Å². The van der Waals surface area contributed by atoms with Gasteiger partial charge in [0.1, 0.15) is 0 Å². The van der Waals surface area contributed by atoms with Gasteiger partial charge in [0.15, 0.2) is 0 Å². The Labute approximate surface area is 121 Å².